The van der Waals surface area contributed by atoms with E-state index < -0.39 is 28.5 Å². The number of carboxylic acid groups (broad SMARTS) is 1. The van der Waals surface area contributed by atoms with E-state index in [1.54, 1.807) is 18.2 Å². The molecule has 1 unspecified atom stereocenters. The molecule has 3 N–H and O–H groups in total. The zero-order valence-electron chi connectivity index (χ0n) is 17.6. The van der Waals surface area contributed by atoms with E-state index >= 15 is 0 Å². The lowest BCUT2D eigenvalue weighted by Gasteiger charge is -2.45. The summed E-state index contributed by atoms with van der Waals surface area (Å²) in [6, 6.07) is 6.20. The van der Waals surface area contributed by atoms with Gasteiger partial charge in [0.05, 0.1) is 12.7 Å². The molecule has 0 spiro atoms. The van der Waals surface area contributed by atoms with Crippen molar-refractivity contribution in [1.29, 1.82) is 0 Å². The fourth-order valence-electron chi connectivity index (χ4n) is 4.23. The summed E-state index contributed by atoms with van der Waals surface area (Å²) in [6.07, 6.45) is 2.89. The van der Waals surface area contributed by atoms with Crippen LogP contribution in [-0.2, 0) is 9.53 Å². The van der Waals surface area contributed by atoms with E-state index in [-0.39, 0.29) is 28.4 Å². The molecule has 1 atom stereocenters. The molecule has 1 aliphatic rings. The van der Waals surface area contributed by atoms with E-state index in [4.69, 9.17) is 4.74 Å². The van der Waals surface area contributed by atoms with E-state index in [0.29, 0.717) is 5.57 Å². The Morgan fingerprint density at radius 3 is 2.21 bits per heavy atom. The van der Waals surface area contributed by atoms with E-state index in [1.807, 2.05) is 34.6 Å². The molecule has 0 bridgehead atoms. The fraction of sp³-hybridized carbons (Fsp3) is 0.391. The van der Waals surface area contributed by atoms with Crippen molar-refractivity contribution in [3.8, 4) is 5.75 Å². The number of aromatic hydroxyl groups is 1. The maximum absolute atomic E-state index is 12.6. The summed E-state index contributed by atoms with van der Waals surface area (Å²) in [5, 5.41) is 30.4. The van der Waals surface area contributed by atoms with Gasteiger partial charge in [0.2, 0.25) is 0 Å². The van der Waals surface area contributed by atoms with Crippen LogP contribution in [0.2, 0.25) is 0 Å². The Bertz CT molecular complexity index is 925. The number of aliphatic hydroxyl groups is 1. The Morgan fingerprint density at radius 2 is 1.72 bits per heavy atom. The number of methoxy groups -OCH3 is 1. The van der Waals surface area contributed by atoms with Crippen LogP contribution in [0.5, 0.6) is 5.75 Å². The average Bonchev–Trinajstić information content (AvgIpc) is 2.58. The first-order valence-corrected chi connectivity index (χ1v) is 9.30. The van der Waals surface area contributed by atoms with Crippen molar-refractivity contribution < 1.29 is 29.6 Å². The number of allylic oxidation sites excluding steroid dienone is 3. The first kappa shape index (κ1) is 22.3. The predicted octanol–water partition coefficient (Wildman–Crippen LogP) is 4.63. The molecule has 156 valence electrons. The molecule has 0 aliphatic heterocycles. The summed E-state index contributed by atoms with van der Waals surface area (Å²) < 4.78 is 5.40. The third kappa shape index (κ3) is 4.06. The molecule has 0 heterocycles. The molecule has 6 nitrogen and oxygen atoms in total. The van der Waals surface area contributed by atoms with Crippen molar-refractivity contribution in [2.75, 3.05) is 7.11 Å². The number of ether oxygens (including phenoxy) is 1. The second kappa shape index (κ2) is 7.78. The zero-order valence-corrected chi connectivity index (χ0v) is 17.6. The van der Waals surface area contributed by atoms with Crippen molar-refractivity contribution >= 4 is 11.8 Å². The Kier molecular flexibility index (Phi) is 5.97. The van der Waals surface area contributed by atoms with Gasteiger partial charge in [-0.1, -0.05) is 52.8 Å². The SMILES string of the molecule is COC1=C(C(=O)O)C(O)=C(C(C)(C)C)C(C)(C)C1C=CC(=O)c1ccccc1O. The second-order valence-electron chi connectivity index (χ2n) is 8.66. The number of aliphatic carboxylic acids is 1. The normalized spacial score (nSPS) is 19.6. The van der Waals surface area contributed by atoms with Gasteiger partial charge in [-0.15, -0.1) is 0 Å². The molecule has 2 rings (SSSR count). The number of phenolic OH excluding ortho intramolecular Hbond substituents is 1. The minimum atomic E-state index is -1.30. The molecule has 1 aromatic carbocycles. The van der Waals surface area contributed by atoms with Crippen LogP contribution in [0.4, 0.5) is 0 Å². The molecular weight excluding hydrogens is 372 g/mol. The quantitative estimate of drug-likeness (QED) is 0.492. The van der Waals surface area contributed by atoms with Gasteiger partial charge in [0.15, 0.2) is 5.78 Å². The van der Waals surface area contributed by atoms with Gasteiger partial charge in [0, 0.05) is 11.3 Å². The lowest BCUT2D eigenvalue weighted by atomic mass is 9.60. The van der Waals surface area contributed by atoms with Crippen molar-refractivity contribution in [2.45, 2.75) is 34.6 Å². The molecule has 0 saturated carbocycles. The van der Waals surface area contributed by atoms with E-state index in [9.17, 15) is 24.9 Å². The molecule has 0 saturated heterocycles. The number of ketones is 1. The second-order valence-corrected chi connectivity index (χ2v) is 8.66. The summed E-state index contributed by atoms with van der Waals surface area (Å²) in [5.41, 5.74) is -0.855. The van der Waals surface area contributed by atoms with Gasteiger partial charge in [-0.25, -0.2) is 4.79 Å². The predicted molar refractivity (Wildman–Crippen MR) is 110 cm³/mol. The van der Waals surface area contributed by atoms with E-state index in [0.717, 1.165) is 0 Å². The summed E-state index contributed by atoms with van der Waals surface area (Å²) >= 11 is 0. The van der Waals surface area contributed by atoms with Gasteiger partial charge in [-0.3, -0.25) is 4.79 Å². The summed E-state index contributed by atoms with van der Waals surface area (Å²) in [4.78, 5) is 24.5. The van der Waals surface area contributed by atoms with Crippen LogP contribution >= 0.6 is 0 Å². The minimum Gasteiger partial charge on any atom is -0.507 e. The van der Waals surface area contributed by atoms with Gasteiger partial charge in [-0.05, 0) is 29.2 Å². The monoisotopic (exact) mass is 400 g/mol. The Morgan fingerprint density at radius 1 is 1.14 bits per heavy atom. The fourth-order valence-corrected chi connectivity index (χ4v) is 4.23. The standard InChI is InChI=1S/C23H28O6/c1-22(2,3)20-18(26)17(21(27)28)19(29-6)14(23(20,4)5)11-12-16(25)13-9-7-8-10-15(13)24/h7-12,14,24,26H,1-6H3,(H,27,28). The molecule has 0 aromatic heterocycles. The minimum absolute atomic E-state index is 0.0781. The van der Waals surface area contributed by atoms with Crippen LogP contribution in [0.3, 0.4) is 0 Å². The lowest BCUT2D eigenvalue weighted by Crippen LogP contribution is -2.39. The van der Waals surface area contributed by atoms with Crippen molar-refractivity contribution in [2.24, 2.45) is 16.7 Å². The third-order valence-electron chi connectivity index (χ3n) is 5.22. The largest absolute Gasteiger partial charge is 0.507 e. The summed E-state index contributed by atoms with van der Waals surface area (Å²) in [5.74, 6) is -2.69. The number of para-hydroxylation sites is 1. The van der Waals surface area contributed by atoms with Crippen LogP contribution in [0.15, 0.2) is 59.1 Å². The first-order valence-electron chi connectivity index (χ1n) is 9.30. The van der Waals surface area contributed by atoms with Crippen LogP contribution in [-0.4, -0.2) is 34.2 Å². The highest BCUT2D eigenvalue weighted by molar-refractivity contribution is 6.06. The molecule has 1 aromatic rings. The highest BCUT2D eigenvalue weighted by Crippen LogP contribution is 2.53. The van der Waals surface area contributed by atoms with E-state index in [2.05, 4.69) is 0 Å². The summed E-state index contributed by atoms with van der Waals surface area (Å²) in [7, 11) is 1.34. The zero-order chi connectivity index (χ0) is 22.1. The van der Waals surface area contributed by atoms with Gasteiger partial charge in [0.25, 0.3) is 0 Å². The number of carbonyl (C=O) groups is 2. The van der Waals surface area contributed by atoms with Crippen LogP contribution in [0.25, 0.3) is 0 Å². The number of hydrogen-bond acceptors (Lipinski definition) is 5. The number of aliphatic hydroxyl groups excluding tert-OH is 1. The molecule has 0 fully saturated rings. The Balaban J connectivity index is 2.64. The molecule has 1 aliphatic carbocycles. The number of hydrogen-bond donors (Lipinski definition) is 3. The van der Waals surface area contributed by atoms with Crippen LogP contribution in [0.1, 0.15) is 45.0 Å². The number of rotatable bonds is 5. The van der Waals surface area contributed by atoms with Gasteiger partial charge in [-0.2, -0.15) is 0 Å². The molecule has 6 heteroatoms. The number of benzene rings is 1. The molecule has 0 radical (unpaired) electrons. The third-order valence-corrected chi connectivity index (χ3v) is 5.22. The molecular formula is C23H28O6. The smallest absolute Gasteiger partial charge is 0.342 e. The number of carbonyl (C=O) groups excluding carboxylic acids is 1. The van der Waals surface area contributed by atoms with Gasteiger partial charge >= 0.3 is 5.97 Å². The highest BCUT2D eigenvalue weighted by Gasteiger charge is 2.48. The molecule has 0 amide bonds. The highest BCUT2D eigenvalue weighted by atomic mass is 16.5. The van der Waals surface area contributed by atoms with Gasteiger partial charge < -0.3 is 20.1 Å². The first-order chi connectivity index (χ1) is 13.3. The summed E-state index contributed by atoms with van der Waals surface area (Å²) in [6.45, 7) is 9.43. The van der Waals surface area contributed by atoms with Crippen LogP contribution in [0, 0.1) is 16.7 Å². The van der Waals surface area contributed by atoms with Crippen LogP contribution < -0.4 is 0 Å². The maximum atomic E-state index is 12.6. The number of phenols is 1. The van der Waals surface area contributed by atoms with Crippen molar-refractivity contribution in [1.82, 2.24) is 0 Å². The number of carboxylic acids is 1. The Hall–Kier alpha value is -3.02. The van der Waals surface area contributed by atoms with Crippen molar-refractivity contribution in [3.63, 3.8) is 0 Å². The maximum Gasteiger partial charge on any atom is 0.342 e. The molecule has 29 heavy (non-hydrogen) atoms. The lowest BCUT2D eigenvalue weighted by molar-refractivity contribution is -0.133. The van der Waals surface area contributed by atoms with E-state index in [1.165, 1.54) is 25.3 Å². The van der Waals surface area contributed by atoms with Gasteiger partial charge in [0.1, 0.15) is 22.8 Å². The Labute approximate surface area is 170 Å². The topological polar surface area (TPSA) is 104 Å². The van der Waals surface area contributed by atoms with Crippen molar-refractivity contribution in [3.05, 3.63) is 64.6 Å². The average molecular weight is 400 g/mol.